The first-order valence-corrected chi connectivity index (χ1v) is 8.11. The van der Waals surface area contributed by atoms with Crippen LogP contribution in [0.2, 0.25) is 0 Å². The maximum absolute atomic E-state index is 12.4. The van der Waals surface area contributed by atoms with Crippen molar-refractivity contribution in [1.82, 2.24) is 19.8 Å². The number of rotatable bonds is 5. The smallest absolute Gasteiger partial charge is 0.316 e. The molecule has 1 aromatic heterocycles. The molecule has 2 aliphatic rings. The minimum Gasteiger partial charge on any atom is -0.463 e. The minimum atomic E-state index is 0.0542. The highest BCUT2D eigenvalue weighted by atomic mass is 16.5. The van der Waals surface area contributed by atoms with Crippen LogP contribution in [0.5, 0.6) is 6.01 Å². The molecule has 0 spiro atoms. The second kappa shape index (κ2) is 7.23. The van der Waals surface area contributed by atoms with E-state index in [0.29, 0.717) is 32.3 Å². The highest BCUT2D eigenvalue weighted by Gasteiger charge is 2.44. The molecular formula is C16H24N4O3. The van der Waals surface area contributed by atoms with Gasteiger partial charge in [0, 0.05) is 24.9 Å². The molecule has 2 fully saturated rings. The molecule has 3 atom stereocenters. The Morgan fingerprint density at radius 2 is 2.17 bits per heavy atom. The van der Waals surface area contributed by atoms with E-state index in [0.717, 1.165) is 12.8 Å². The monoisotopic (exact) mass is 320 g/mol. The number of nitrogens with zero attached hydrogens (tertiary/aromatic N) is 4. The SMILES string of the molecule is CN(C)CC(=O)N1CCO[C@@H]2[C@@H](COc3ncccn3)CC[C@H]21. The number of carbonyl (C=O) groups is 1. The molecule has 3 rings (SSSR count). The van der Waals surface area contributed by atoms with Crippen LogP contribution in [0.1, 0.15) is 12.8 Å². The molecule has 0 unspecified atom stereocenters. The van der Waals surface area contributed by atoms with Crippen LogP contribution in [0.25, 0.3) is 0 Å². The largest absolute Gasteiger partial charge is 0.463 e. The Morgan fingerprint density at radius 3 is 2.91 bits per heavy atom. The van der Waals surface area contributed by atoms with Crippen molar-refractivity contribution in [3.05, 3.63) is 18.5 Å². The fourth-order valence-electron chi connectivity index (χ4n) is 3.45. The third-order valence-electron chi connectivity index (χ3n) is 4.46. The van der Waals surface area contributed by atoms with Gasteiger partial charge in [0.1, 0.15) is 0 Å². The molecule has 7 heteroatoms. The molecule has 126 valence electrons. The Morgan fingerprint density at radius 1 is 1.39 bits per heavy atom. The van der Waals surface area contributed by atoms with Crippen molar-refractivity contribution in [2.24, 2.45) is 5.92 Å². The van der Waals surface area contributed by atoms with Crippen molar-refractivity contribution in [2.75, 3.05) is 40.4 Å². The van der Waals surface area contributed by atoms with E-state index >= 15 is 0 Å². The molecule has 1 saturated carbocycles. The molecule has 1 amide bonds. The van der Waals surface area contributed by atoms with Gasteiger partial charge in [-0.25, -0.2) is 9.97 Å². The topological polar surface area (TPSA) is 67.8 Å². The van der Waals surface area contributed by atoms with E-state index in [1.54, 1.807) is 18.5 Å². The maximum Gasteiger partial charge on any atom is 0.316 e. The number of carbonyl (C=O) groups excluding carboxylic acids is 1. The Balaban J connectivity index is 1.58. The average Bonchev–Trinajstić information content (AvgIpc) is 2.96. The molecule has 1 saturated heterocycles. The molecule has 23 heavy (non-hydrogen) atoms. The molecular weight excluding hydrogens is 296 g/mol. The zero-order chi connectivity index (χ0) is 16.2. The predicted octanol–water partition coefficient (Wildman–Crippen LogP) is 0.423. The first-order chi connectivity index (χ1) is 11.1. The number of morpholine rings is 1. The fourth-order valence-corrected chi connectivity index (χ4v) is 3.45. The Hall–Kier alpha value is -1.73. The lowest BCUT2D eigenvalue weighted by atomic mass is 10.0. The normalized spacial score (nSPS) is 27.1. The van der Waals surface area contributed by atoms with Crippen LogP contribution in [-0.2, 0) is 9.53 Å². The van der Waals surface area contributed by atoms with Crippen molar-refractivity contribution in [3.8, 4) is 6.01 Å². The van der Waals surface area contributed by atoms with Crippen LogP contribution in [-0.4, -0.2) is 78.2 Å². The number of ether oxygens (including phenoxy) is 2. The first-order valence-electron chi connectivity index (χ1n) is 8.11. The van der Waals surface area contributed by atoms with Crippen LogP contribution in [0.15, 0.2) is 18.5 Å². The lowest BCUT2D eigenvalue weighted by Gasteiger charge is -2.39. The lowest BCUT2D eigenvalue weighted by molar-refractivity contribution is -0.147. The second-order valence-electron chi connectivity index (χ2n) is 6.41. The van der Waals surface area contributed by atoms with Gasteiger partial charge in [0.15, 0.2) is 0 Å². The summed E-state index contributed by atoms with van der Waals surface area (Å²) >= 11 is 0. The first kappa shape index (κ1) is 16.1. The summed E-state index contributed by atoms with van der Waals surface area (Å²) in [5.74, 6) is 0.458. The van der Waals surface area contributed by atoms with Gasteiger partial charge in [0.05, 0.1) is 31.9 Å². The van der Waals surface area contributed by atoms with Crippen LogP contribution >= 0.6 is 0 Å². The third kappa shape index (κ3) is 3.79. The van der Waals surface area contributed by atoms with Crippen molar-refractivity contribution in [3.63, 3.8) is 0 Å². The molecule has 1 aliphatic heterocycles. The number of hydrogen-bond donors (Lipinski definition) is 0. The summed E-state index contributed by atoms with van der Waals surface area (Å²) in [7, 11) is 3.84. The molecule has 0 bridgehead atoms. The van der Waals surface area contributed by atoms with Crippen LogP contribution in [0.4, 0.5) is 0 Å². The minimum absolute atomic E-state index is 0.0542. The highest BCUT2D eigenvalue weighted by Crippen LogP contribution is 2.35. The Labute approximate surface area is 136 Å². The Kier molecular flexibility index (Phi) is 5.07. The summed E-state index contributed by atoms with van der Waals surface area (Å²) in [6, 6.07) is 2.32. The summed E-state index contributed by atoms with van der Waals surface area (Å²) in [5.41, 5.74) is 0. The van der Waals surface area contributed by atoms with Gasteiger partial charge >= 0.3 is 6.01 Å². The standard InChI is InChI=1S/C16H24N4O3/c1-19(2)10-14(21)20-8-9-22-15-12(4-5-13(15)20)11-23-16-17-6-3-7-18-16/h3,6-7,12-13,15H,4-5,8-11H2,1-2H3/t12-,13-,15-/m1/s1. The van der Waals surface area contributed by atoms with Crippen LogP contribution in [0, 0.1) is 5.92 Å². The van der Waals surface area contributed by atoms with Crippen molar-refractivity contribution >= 4 is 5.91 Å². The summed E-state index contributed by atoms with van der Waals surface area (Å²) in [6.07, 6.45) is 5.34. The van der Waals surface area contributed by atoms with Gasteiger partial charge in [-0.2, -0.15) is 0 Å². The molecule has 0 aromatic carbocycles. The summed E-state index contributed by atoms with van der Waals surface area (Å²) in [6.45, 7) is 2.25. The number of aromatic nitrogens is 2. The van der Waals surface area contributed by atoms with Gasteiger partial charge in [-0.1, -0.05) is 0 Å². The summed E-state index contributed by atoms with van der Waals surface area (Å²) in [4.78, 5) is 24.5. The van der Waals surface area contributed by atoms with E-state index < -0.39 is 0 Å². The number of likely N-dealkylation sites (N-methyl/N-ethyl adjacent to an activating group) is 1. The van der Waals surface area contributed by atoms with Crippen LogP contribution < -0.4 is 4.74 Å². The van der Waals surface area contributed by atoms with Gasteiger partial charge < -0.3 is 19.3 Å². The molecule has 1 aliphatic carbocycles. The number of amides is 1. The van der Waals surface area contributed by atoms with Gasteiger partial charge in [0.25, 0.3) is 0 Å². The Bertz CT molecular complexity index is 525. The molecule has 1 aromatic rings. The van der Waals surface area contributed by atoms with Gasteiger partial charge in [-0.15, -0.1) is 0 Å². The zero-order valence-corrected chi connectivity index (χ0v) is 13.7. The van der Waals surface area contributed by atoms with Gasteiger partial charge in [-0.05, 0) is 33.0 Å². The summed E-state index contributed by atoms with van der Waals surface area (Å²) < 4.78 is 11.6. The van der Waals surface area contributed by atoms with Crippen LogP contribution in [0.3, 0.4) is 0 Å². The zero-order valence-electron chi connectivity index (χ0n) is 13.7. The van der Waals surface area contributed by atoms with Crippen molar-refractivity contribution in [1.29, 1.82) is 0 Å². The van der Waals surface area contributed by atoms with Crippen molar-refractivity contribution < 1.29 is 14.3 Å². The van der Waals surface area contributed by atoms with E-state index in [1.807, 2.05) is 23.9 Å². The molecule has 0 radical (unpaired) electrons. The fraction of sp³-hybridized carbons (Fsp3) is 0.688. The van der Waals surface area contributed by atoms with E-state index in [1.165, 1.54) is 0 Å². The maximum atomic E-state index is 12.4. The van der Waals surface area contributed by atoms with E-state index in [2.05, 4.69) is 9.97 Å². The lowest BCUT2D eigenvalue weighted by Crippen LogP contribution is -2.54. The van der Waals surface area contributed by atoms with Gasteiger partial charge in [0.2, 0.25) is 5.91 Å². The summed E-state index contributed by atoms with van der Waals surface area (Å²) in [5, 5.41) is 0. The average molecular weight is 320 g/mol. The van der Waals surface area contributed by atoms with E-state index in [4.69, 9.17) is 9.47 Å². The predicted molar refractivity (Wildman–Crippen MR) is 84.0 cm³/mol. The second-order valence-corrected chi connectivity index (χ2v) is 6.41. The molecule has 7 nitrogen and oxygen atoms in total. The van der Waals surface area contributed by atoms with Crippen molar-refractivity contribution in [2.45, 2.75) is 25.0 Å². The van der Waals surface area contributed by atoms with E-state index in [-0.39, 0.29) is 24.0 Å². The van der Waals surface area contributed by atoms with Gasteiger partial charge in [-0.3, -0.25) is 4.79 Å². The quantitative estimate of drug-likeness (QED) is 0.783. The third-order valence-corrected chi connectivity index (χ3v) is 4.46. The highest BCUT2D eigenvalue weighted by molar-refractivity contribution is 5.78. The number of hydrogen-bond acceptors (Lipinski definition) is 6. The van der Waals surface area contributed by atoms with E-state index in [9.17, 15) is 4.79 Å². The number of fused-ring (bicyclic) bond motifs is 1. The molecule has 0 N–H and O–H groups in total. The molecule has 2 heterocycles.